The summed E-state index contributed by atoms with van der Waals surface area (Å²) in [5, 5.41) is 12.3. The first-order valence-electron chi connectivity index (χ1n) is 10.1. The fraction of sp³-hybridized carbons (Fsp3) is 0.348. The van der Waals surface area contributed by atoms with E-state index < -0.39 is 0 Å². The van der Waals surface area contributed by atoms with E-state index in [1.807, 2.05) is 6.92 Å². The lowest BCUT2D eigenvalue weighted by Crippen LogP contribution is -2.25. The van der Waals surface area contributed by atoms with Crippen molar-refractivity contribution in [2.24, 2.45) is 23.7 Å². The van der Waals surface area contributed by atoms with E-state index in [1.54, 1.807) is 36.5 Å². The third-order valence-electron chi connectivity index (χ3n) is 6.43. The molecule has 0 radical (unpaired) electrons. The molecule has 5 atom stereocenters. The average molecular weight is 426 g/mol. The lowest BCUT2D eigenvalue weighted by atomic mass is 9.97. The van der Waals surface area contributed by atoms with Crippen LogP contribution in [0.4, 0.5) is 10.1 Å². The Bertz CT molecular complexity index is 1100. The summed E-state index contributed by atoms with van der Waals surface area (Å²) in [5.74, 6) is 1.56. The quantitative estimate of drug-likeness (QED) is 0.617. The molecule has 1 amide bonds. The molecule has 2 aliphatic carbocycles. The van der Waals surface area contributed by atoms with Crippen LogP contribution in [0.3, 0.4) is 0 Å². The van der Waals surface area contributed by atoms with Crippen LogP contribution < -0.4 is 10.1 Å². The maximum absolute atomic E-state index is 13.6. The largest absolute Gasteiger partial charge is 0.488 e. The second kappa shape index (κ2) is 7.51. The van der Waals surface area contributed by atoms with Gasteiger partial charge in [0.1, 0.15) is 11.6 Å². The lowest BCUT2D eigenvalue weighted by Gasteiger charge is -2.20. The van der Waals surface area contributed by atoms with E-state index in [2.05, 4.69) is 15.5 Å². The van der Waals surface area contributed by atoms with E-state index in [-0.39, 0.29) is 23.7 Å². The Kier molecular flexibility index (Phi) is 4.82. The van der Waals surface area contributed by atoms with Crippen molar-refractivity contribution in [1.82, 2.24) is 10.2 Å². The standard InChI is InChI=1S/C23H21ClFN3O2/c1-12(23(29)27-15-5-2-13(24)3-6-15)22-17-9-16(10-18(17)22)30-21-11-26-28-20-7-4-14(25)8-19(20)21/h2-8,11-12,16-18,22H,9-10H2,1H3,(H,27,29)/t12?,16-,17-,18+,22+. The van der Waals surface area contributed by atoms with Crippen LogP contribution in [0.5, 0.6) is 5.75 Å². The summed E-state index contributed by atoms with van der Waals surface area (Å²) in [5.41, 5.74) is 1.37. The highest BCUT2D eigenvalue weighted by Gasteiger charge is 2.59. The van der Waals surface area contributed by atoms with E-state index >= 15 is 0 Å². The molecule has 2 aromatic carbocycles. The fourth-order valence-electron chi connectivity index (χ4n) is 4.92. The van der Waals surface area contributed by atoms with Gasteiger partial charge in [-0.3, -0.25) is 4.79 Å². The zero-order valence-electron chi connectivity index (χ0n) is 16.4. The van der Waals surface area contributed by atoms with Crippen LogP contribution in [0.1, 0.15) is 19.8 Å². The highest BCUT2D eigenvalue weighted by Crippen LogP contribution is 2.61. The van der Waals surface area contributed by atoms with Gasteiger partial charge in [0.15, 0.2) is 0 Å². The topological polar surface area (TPSA) is 64.1 Å². The Morgan fingerprint density at radius 1 is 1.20 bits per heavy atom. The Morgan fingerprint density at radius 2 is 1.93 bits per heavy atom. The number of anilines is 1. The van der Waals surface area contributed by atoms with Gasteiger partial charge in [0, 0.05) is 22.0 Å². The van der Waals surface area contributed by atoms with Gasteiger partial charge >= 0.3 is 0 Å². The Morgan fingerprint density at radius 3 is 2.67 bits per heavy atom. The zero-order chi connectivity index (χ0) is 20.8. The van der Waals surface area contributed by atoms with Crippen LogP contribution in [0.15, 0.2) is 48.7 Å². The number of nitrogens with zero attached hydrogens (tertiary/aromatic N) is 2. The molecule has 7 heteroatoms. The summed E-state index contributed by atoms with van der Waals surface area (Å²) in [4.78, 5) is 12.6. The van der Waals surface area contributed by atoms with Gasteiger partial charge in [-0.1, -0.05) is 18.5 Å². The number of ether oxygens (including phenoxy) is 1. The fourth-order valence-corrected chi connectivity index (χ4v) is 5.05. The SMILES string of the molecule is CC(C(=O)Nc1ccc(Cl)cc1)[C@H]1[C@@H]2C[C@@H](Oc3cnnc4ccc(F)cc34)C[C@@H]21. The Balaban J connectivity index is 1.20. The van der Waals surface area contributed by atoms with Crippen LogP contribution >= 0.6 is 11.6 Å². The second-order valence-electron chi connectivity index (χ2n) is 8.27. The van der Waals surface area contributed by atoms with Crippen molar-refractivity contribution < 1.29 is 13.9 Å². The van der Waals surface area contributed by atoms with Gasteiger partial charge in [0.25, 0.3) is 0 Å². The van der Waals surface area contributed by atoms with E-state index in [0.717, 1.165) is 18.5 Å². The molecule has 1 unspecified atom stereocenters. The first-order valence-corrected chi connectivity index (χ1v) is 10.5. The number of halogens is 2. The summed E-state index contributed by atoms with van der Waals surface area (Å²) >= 11 is 5.90. The maximum Gasteiger partial charge on any atom is 0.227 e. The molecule has 5 nitrogen and oxygen atoms in total. The molecule has 1 N–H and O–H groups in total. The number of benzene rings is 2. The van der Waals surface area contributed by atoms with E-state index in [9.17, 15) is 9.18 Å². The van der Waals surface area contributed by atoms with Gasteiger partial charge in [-0.2, -0.15) is 10.2 Å². The van der Waals surface area contributed by atoms with Crippen LogP contribution in [0.25, 0.3) is 10.9 Å². The highest BCUT2D eigenvalue weighted by atomic mass is 35.5. The number of hydrogen-bond donors (Lipinski definition) is 1. The summed E-state index contributed by atoms with van der Waals surface area (Å²) < 4.78 is 19.8. The predicted octanol–water partition coefficient (Wildman–Crippen LogP) is 5.10. The average Bonchev–Trinajstić information content (AvgIpc) is 3.24. The third kappa shape index (κ3) is 3.60. The van der Waals surface area contributed by atoms with E-state index in [1.165, 1.54) is 12.1 Å². The normalized spacial score (nSPS) is 25.6. The van der Waals surface area contributed by atoms with Gasteiger partial charge in [-0.15, -0.1) is 0 Å². The molecule has 3 aromatic rings. The van der Waals surface area contributed by atoms with Crippen molar-refractivity contribution in [2.45, 2.75) is 25.9 Å². The van der Waals surface area contributed by atoms with Crippen LogP contribution in [-0.2, 0) is 4.79 Å². The first kappa shape index (κ1) is 19.2. The minimum Gasteiger partial charge on any atom is -0.488 e. The van der Waals surface area contributed by atoms with E-state index in [4.69, 9.17) is 16.3 Å². The molecular formula is C23H21ClFN3O2. The smallest absolute Gasteiger partial charge is 0.227 e. The van der Waals surface area contributed by atoms with Crippen LogP contribution in [0.2, 0.25) is 5.02 Å². The summed E-state index contributed by atoms with van der Waals surface area (Å²) in [6.45, 7) is 1.99. The molecule has 2 aliphatic rings. The van der Waals surface area contributed by atoms with Crippen molar-refractivity contribution >= 4 is 34.1 Å². The van der Waals surface area contributed by atoms with E-state index in [0.29, 0.717) is 39.4 Å². The van der Waals surface area contributed by atoms with Crippen LogP contribution in [0, 0.1) is 29.5 Å². The van der Waals surface area contributed by atoms with Crippen molar-refractivity contribution in [3.8, 4) is 5.75 Å². The number of rotatable bonds is 5. The minimum absolute atomic E-state index is 0.0361. The monoisotopic (exact) mass is 425 g/mol. The van der Waals surface area contributed by atoms with Crippen molar-refractivity contribution in [1.29, 1.82) is 0 Å². The Labute approximate surface area is 178 Å². The summed E-state index contributed by atoms with van der Waals surface area (Å²) in [6, 6.07) is 11.5. The number of nitrogens with one attached hydrogen (secondary N) is 1. The van der Waals surface area contributed by atoms with Gasteiger partial charge in [0.2, 0.25) is 5.91 Å². The van der Waals surface area contributed by atoms with Crippen LogP contribution in [-0.4, -0.2) is 22.2 Å². The highest BCUT2D eigenvalue weighted by molar-refractivity contribution is 6.30. The molecule has 1 heterocycles. The van der Waals surface area contributed by atoms with Crippen molar-refractivity contribution in [3.05, 3.63) is 59.5 Å². The Hall–Kier alpha value is -2.73. The maximum atomic E-state index is 13.6. The predicted molar refractivity (Wildman–Crippen MR) is 113 cm³/mol. The number of carbonyl (C=O) groups excluding carboxylic acids is 1. The second-order valence-corrected chi connectivity index (χ2v) is 8.71. The summed E-state index contributed by atoms with van der Waals surface area (Å²) in [7, 11) is 0. The molecule has 0 saturated heterocycles. The molecule has 154 valence electrons. The number of carbonyl (C=O) groups is 1. The third-order valence-corrected chi connectivity index (χ3v) is 6.68. The van der Waals surface area contributed by atoms with Gasteiger partial charge in [-0.25, -0.2) is 4.39 Å². The van der Waals surface area contributed by atoms with Gasteiger partial charge in [0.05, 0.1) is 17.8 Å². The van der Waals surface area contributed by atoms with Gasteiger partial charge < -0.3 is 10.1 Å². The molecule has 0 bridgehead atoms. The molecule has 2 saturated carbocycles. The molecule has 5 rings (SSSR count). The zero-order valence-corrected chi connectivity index (χ0v) is 17.1. The molecular weight excluding hydrogens is 405 g/mol. The lowest BCUT2D eigenvalue weighted by molar-refractivity contribution is -0.120. The molecule has 1 aromatic heterocycles. The van der Waals surface area contributed by atoms with Gasteiger partial charge in [-0.05, 0) is 73.1 Å². The number of hydrogen-bond acceptors (Lipinski definition) is 4. The van der Waals surface area contributed by atoms with Crippen molar-refractivity contribution in [2.75, 3.05) is 5.32 Å². The molecule has 2 fully saturated rings. The molecule has 30 heavy (non-hydrogen) atoms. The molecule has 0 aliphatic heterocycles. The first-order chi connectivity index (χ1) is 14.5. The summed E-state index contributed by atoms with van der Waals surface area (Å²) in [6.07, 6.45) is 3.39. The minimum atomic E-state index is -0.324. The number of aromatic nitrogens is 2. The molecule has 0 spiro atoms. The number of amides is 1. The van der Waals surface area contributed by atoms with Crippen molar-refractivity contribution in [3.63, 3.8) is 0 Å². The number of fused-ring (bicyclic) bond motifs is 2.